The van der Waals surface area contributed by atoms with E-state index in [2.05, 4.69) is 35.5 Å². The van der Waals surface area contributed by atoms with Crippen LogP contribution in [-0.4, -0.2) is 56.5 Å². The highest BCUT2D eigenvalue weighted by Gasteiger charge is 2.33. The third kappa shape index (κ3) is 4.93. The largest absolute Gasteiger partial charge is 0.480 e. The molecule has 2 aliphatic carbocycles. The molecule has 12 nitrogen and oxygen atoms in total. The first kappa shape index (κ1) is 25.3. The molecule has 4 heterocycles. The average Bonchev–Trinajstić information content (AvgIpc) is 3.84. The van der Waals surface area contributed by atoms with E-state index in [1.54, 1.807) is 17.7 Å². The molecule has 6 rings (SSSR count). The Morgan fingerprint density at radius 1 is 1.13 bits per heavy atom. The van der Waals surface area contributed by atoms with Gasteiger partial charge in [-0.25, -0.2) is 23.4 Å². The lowest BCUT2D eigenvalue weighted by atomic mass is 10.1. The second-order valence-electron chi connectivity index (χ2n) is 10.2. The summed E-state index contributed by atoms with van der Waals surface area (Å²) in [6.07, 6.45) is 8.12. The monoisotopic (exact) mass is 548 g/mol. The molecule has 1 N–H and O–H groups in total. The smallest absolute Gasteiger partial charge is 0.294 e. The van der Waals surface area contributed by atoms with Gasteiger partial charge in [0.1, 0.15) is 12.0 Å². The SMILES string of the molecule is COc1ncnc(C2CC2)c1-c1cc2c(nn1)nc(NCc1ccc(S(C)(=O)=O)cn1)c(=O)n2[C@@H](C)C1CC1. The van der Waals surface area contributed by atoms with E-state index in [0.717, 1.165) is 37.6 Å². The fraction of sp³-hybridized carbons (Fsp3) is 0.423. The summed E-state index contributed by atoms with van der Waals surface area (Å²) in [5.74, 6) is 1.27. The fourth-order valence-electron chi connectivity index (χ4n) is 4.79. The number of pyridine rings is 1. The molecule has 0 radical (unpaired) electrons. The lowest BCUT2D eigenvalue weighted by Crippen LogP contribution is -2.29. The van der Waals surface area contributed by atoms with Gasteiger partial charge in [-0.15, -0.1) is 10.2 Å². The van der Waals surface area contributed by atoms with Gasteiger partial charge in [0, 0.05) is 24.4 Å². The van der Waals surface area contributed by atoms with Gasteiger partial charge in [-0.05, 0) is 56.7 Å². The molecular weight excluding hydrogens is 520 g/mol. The summed E-state index contributed by atoms with van der Waals surface area (Å²) in [5.41, 5.74) is 3.32. The van der Waals surface area contributed by atoms with Crippen molar-refractivity contribution in [1.29, 1.82) is 0 Å². The zero-order chi connectivity index (χ0) is 27.3. The third-order valence-corrected chi connectivity index (χ3v) is 8.38. The van der Waals surface area contributed by atoms with Crippen LogP contribution in [0.4, 0.5) is 5.82 Å². The van der Waals surface area contributed by atoms with Crippen LogP contribution in [0.5, 0.6) is 5.88 Å². The molecule has 0 unspecified atom stereocenters. The van der Waals surface area contributed by atoms with E-state index < -0.39 is 9.84 Å². The zero-order valence-electron chi connectivity index (χ0n) is 21.8. The van der Waals surface area contributed by atoms with E-state index in [-0.39, 0.29) is 28.9 Å². The number of rotatable bonds is 9. The highest BCUT2D eigenvalue weighted by molar-refractivity contribution is 7.90. The minimum absolute atomic E-state index is 0.0652. The summed E-state index contributed by atoms with van der Waals surface area (Å²) in [5, 5.41) is 11.9. The quantitative estimate of drug-likeness (QED) is 0.328. The molecule has 4 aromatic heterocycles. The van der Waals surface area contributed by atoms with Crippen LogP contribution in [0.25, 0.3) is 22.4 Å². The van der Waals surface area contributed by atoms with Gasteiger partial charge in [-0.3, -0.25) is 14.3 Å². The number of nitrogens with zero attached hydrogens (tertiary/aromatic N) is 7. The lowest BCUT2D eigenvalue weighted by molar-refractivity contribution is 0.397. The molecule has 2 aliphatic rings. The van der Waals surface area contributed by atoms with Crippen LogP contribution in [0.3, 0.4) is 0 Å². The summed E-state index contributed by atoms with van der Waals surface area (Å²) in [7, 11) is -1.79. The molecular formula is C26H28N8O4S. The number of nitrogens with one attached hydrogen (secondary N) is 1. The van der Waals surface area contributed by atoms with Crippen molar-refractivity contribution in [2.24, 2.45) is 5.92 Å². The molecule has 13 heteroatoms. The Kier molecular flexibility index (Phi) is 6.25. The van der Waals surface area contributed by atoms with Crippen LogP contribution in [0.2, 0.25) is 0 Å². The third-order valence-electron chi connectivity index (χ3n) is 7.28. The summed E-state index contributed by atoms with van der Waals surface area (Å²) in [4.78, 5) is 31.4. The number of anilines is 1. The fourth-order valence-corrected chi connectivity index (χ4v) is 5.35. The van der Waals surface area contributed by atoms with Gasteiger partial charge in [0.2, 0.25) is 11.5 Å². The number of methoxy groups -OCH3 is 1. The van der Waals surface area contributed by atoms with Gasteiger partial charge in [0.15, 0.2) is 15.7 Å². The minimum atomic E-state index is -3.35. The Morgan fingerprint density at radius 3 is 2.56 bits per heavy atom. The number of hydrogen-bond acceptors (Lipinski definition) is 11. The first-order valence-corrected chi connectivity index (χ1v) is 14.7. The van der Waals surface area contributed by atoms with Gasteiger partial charge in [-0.2, -0.15) is 0 Å². The predicted octanol–water partition coefficient (Wildman–Crippen LogP) is 2.91. The van der Waals surface area contributed by atoms with E-state index in [0.29, 0.717) is 45.8 Å². The maximum absolute atomic E-state index is 13.8. The number of fused-ring (bicyclic) bond motifs is 1. The standard InChI is InChI=1S/C26H28N8O4S/c1-14(15-4-5-15)34-20-10-19(21-22(16-6-7-16)29-13-30-25(21)38-2)32-33-23(20)31-24(26(34)35)28-11-17-8-9-18(12-27-17)39(3,36)37/h8-10,12-16H,4-7,11H2,1-3H3,(H,28,31,33)/t14-/m0/s1. The van der Waals surface area contributed by atoms with Crippen LogP contribution in [0.15, 0.2) is 40.4 Å². The lowest BCUT2D eigenvalue weighted by Gasteiger charge is -2.19. The molecule has 202 valence electrons. The minimum Gasteiger partial charge on any atom is -0.480 e. The molecule has 2 fully saturated rings. The van der Waals surface area contributed by atoms with E-state index >= 15 is 0 Å². The number of sulfone groups is 1. The molecule has 0 spiro atoms. The van der Waals surface area contributed by atoms with E-state index in [1.165, 1.54) is 18.6 Å². The summed E-state index contributed by atoms with van der Waals surface area (Å²) < 4.78 is 30.7. The predicted molar refractivity (Wildman–Crippen MR) is 143 cm³/mol. The van der Waals surface area contributed by atoms with Crippen molar-refractivity contribution >= 4 is 26.8 Å². The zero-order valence-corrected chi connectivity index (χ0v) is 22.6. The Bertz CT molecular complexity index is 1730. The molecule has 39 heavy (non-hydrogen) atoms. The van der Waals surface area contributed by atoms with Gasteiger partial charge < -0.3 is 10.1 Å². The number of ether oxygens (including phenoxy) is 1. The topological polar surface area (TPSA) is 155 Å². The van der Waals surface area contributed by atoms with Gasteiger partial charge in [0.25, 0.3) is 5.56 Å². The van der Waals surface area contributed by atoms with Crippen molar-refractivity contribution in [2.75, 3.05) is 18.7 Å². The molecule has 2 saturated carbocycles. The Labute approximate surface area is 224 Å². The van der Waals surface area contributed by atoms with Gasteiger partial charge in [-0.1, -0.05) is 0 Å². The molecule has 0 amide bonds. The maximum Gasteiger partial charge on any atom is 0.294 e. The highest BCUT2D eigenvalue weighted by Crippen LogP contribution is 2.45. The molecule has 0 aliphatic heterocycles. The van der Waals surface area contributed by atoms with Crippen molar-refractivity contribution < 1.29 is 13.2 Å². The van der Waals surface area contributed by atoms with Crippen molar-refractivity contribution in [3.8, 4) is 17.1 Å². The van der Waals surface area contributed by atoms with Crippen LogP contribution in [-0.2, 0) is 16.4 Å². The van der Waals surface area contributed by atoms with Gasteiger partial charge >= 0.3 is 0 Å². The first-order valence-electron chi connectivity index (χ1n) is 12.8. The molecule has 0 aromatic carbocycles. The molecule has 0 bridgehead atoms. The molecule has 1 atom stereocenters. The summed E-state index contributed by atoms with van der Waals surface area (Å²) in [6.45, 7) is 2.22. The summed E-state index contributed by atoms with van der Waals surface area (Å²) >= 11 is 0. The Balaban J connectivity index is 1.41. The Hall–Kier alpha value is -4.00. The van der Waals surface area contributed by atoms with Crippen molar-refractivity contribution in [3.63, 3.8) is 0 Å². The normalized spacial score (nSPS) is 16.3. The summed E-state index contributed by atoms with van der Waals surface area (Å²) in [6, 6.07) is 4.86. The van der Waals surface area contributed by atoms with Crippen LogP contribution in [0, 0.1) is 5.92 Å². The van der Waals surface area contributed by atoms with Crippen LogP contribution < -0.4 is 15.6 Å². The maximum atomic E-state index is 13.8. The van der Waals surface area contributed by atoms with E-state index in [9.17, 15) is 13.2 Å². The molecule has 0 saturated heterocycles. The van der Waals surface area contributed by atoms with E-state index in [1.807, 2.05) is 13.0 Å². The van der Waals surface area contributed by atoms with Crippen molar-refractivity contribution in [2.45, 2.75) is 56.0 Å². The van der Waals surface area contributed by atoms with Crippen molar-refractivity contribution in [3.05, 3.63) is 52.5 Å². The van der Waals surface area contributed by atoms with E-state index in [4.69, 9.17) is 4.74 Å². The average molecular weight is 549 g/mol. The number of hydrogen-bond donors (Lipinski definition) is 1. The van der Waals surface area contributed by atoms with Crippen LogP contribution in [0.1, 0.15) is 56.0 Å². The Morgan fingerprint density at radius 2 is 1.92 bits per heavy atom. The molecule has 4 aromatic rings. The van der Waals surface area contributed by atoms with Gasteiger partial charge in [0.05, 0.1) is 41.0 Å². The second-order valence-corrected chi connectivity index (χ2v) is 12.2. The van der Waals surface area contributed by atoms with Crippen LogP contribution >= 0.6 is 0 Å². The first-order chi connectivity index (χ1) is 18.7. The van der Waals surface area contributed by atoms with Crippen molar-refractivity contribution in [1.82, 2.24) is 34.7 Å². The number of aromatic nitrogens is 7. The highest BCUT2D eigenvalue weighted by atomic mass is 32.2. The second kappa shape index (κ2) is 9.63.